The monoisotopic (exact) mass is 714 g/mol. The minimum Gasteiger partial charge on any atom is -0.389 e. The molecule has 50 heavy (non-hydrogen) atoms. The molecule has 270 valence electrons. The highest BCUT2D eigenvalue weighted by Gasteiger charge is 2.39. The van der Waals surface area contributed by atoms with E-state index < -0.39 is 65.5 Å². The molecule has 0 amide bonds. The van der Waals surface area contributed by atoms with Gasteiger partial charge in [-0.3, -0.25) is 4.90 Å². The second kappa shape index (κ2) is 14.2. The standard InChI is InChI=1S/C34H35F9N6O/c1-3-29(48-13-11-31(50,12-14-48)19-22-7-5-4-6-8-22)28-10-9-25(32(35,36)37)17-24(28)21-49(30-44-46-47(2)45-30)20-23-15-26(33(38,39)40)18-27(16-23)34(41,42)43/h4-10,15-18,29,50H,3,11-14,19-21H2,1-2H3. The van der Waals surface area contributed by atoms with E-state index in [1.54, 1.807) is 0 Å². The van der Waals surface area contributed by atoms with Gasteiger partial charge in [-0.2, -0.15) is 44.3 Å². The van der Waals surface area contributed by atoms with Crippen molar-refractivity contribution < 1.29 is 44.6 Å². The largest absolute Gasteiger partial charge is 0.416 e. The molecule has 4 aromatic rings. The van der Waals surface area contributed by atoms with E-state index in [2.05, 4.69) is 20.3 Å². The van der Waals surface area contributed by atoms with Gasteiger partial charge < -0.3 is 10.0 Å². The van der Waals surface area contributed by atoms with Gasteiger partial charge >= 0.3 is 18.5 Å². The summed E-state index contributed by atoms with van der Waals surface area (Å²) in [6.07, 6.45) is -13.2. The molecule has 0 saturated carbocycles. The van der Waals surface area contributed by atoms with E-state index in [9.17, 15) is 44.6 Å². The lowest BCUT2D eigenvalue weighted by molar-refractivity contribution is -0.143. The molecule has 16 heteroatoms. The summed E-state index contributed by atoms with van der Waals surface area (Å²) in [7, 11) is 1.39. The molecule has 1 aliphatic rings. The molecule has 0 radical (unpaired) electrons. The third kappa shape index (κ3) is 8.94. The molecule has 1 saturated heterocycles. The summed E-state index contributed by atoms with van der Waals surface area (Å²) >= 11 is 0. The lowest BCUT2D eigenvalue weighted by atomic mass is 9.84. The minimum atomic E-state index is -5.10. The Labute approximate surface area is 282 Å². The third-order valence-corrected chi connectivity index (χ3v) is 8.92. The number of aliphatic hydroxyl groups is 1. The smallest absolute Gasteiger partial charge is 0.389 e. The number of rotatable bonds is 10. The summed E-state index contributed by atoms with van der Waals surface area (Å²) < 4.78 is 124. The van der Waals surface area contributed by atoms with E-state index in [0.29, 0.717) is 56.5 Å². The van der Waals surface area contributed by atoms with Gasteiger partial charge in [0.1, 0.15) is 0 Å². The van der Waals surface area contributed by atoms with Crippen LogP contribution in [-0.4, -0.2) is 48.9 Å². The van der Waals surface area contributed by atoms with Crippen LogP contribution >= 0.6 is 0 Å². The van der Waals surface area contributed by atoms with Gasteiger partial charge in [0, 0.05) is 38.6 Å². The zero-order chi connectivity index (χ0) is 36.5. The number of alkyl halides is 9. The maximum Gasteiger partial charge on any atom is 0.416 e. The van der Waals surface area contributed by atoms with Crippen LogP contribution in [0.1, 0.15) is 71.2 Å². The molecule has 1 atom stereocenters. The molecule has 0 bridgehead atoms. The summed E-state index contributed by atoms with van der Waals surface area (Å²) in [6, 6.07) is 13.4. The molecule has 7 nitrogen and oxygen atoms in total. The van der Waals surface area contributed by atoms with Crippen molar-refractivity contribution in [2.24, 2.45) is 7.05 Å². The summed E-state index contributed by atoms with van der Waals surface area (Å²) in [5.41, 5.74) is -3.83. The summed E-state index contributed by atoms with van der Waals surface area (Å²) in [4.78, 5) is 4.28. The average molecular weight is 715 g/mol. The van der Waals surface area contributed by atoms with Gasteiger partial charge in [0.15, 0.2) is 0 Å². The van der Waals surface area contributed by atoms with Gasteiger partial charge in [-0.05, 0) is 77.1 Å². The summed E-state index contributed by atoms with van der Waals surface area (Å²) in [5.74, 6) is -0.209. The van der Waals surface area contributed by atoms with Crippen LogP contribution in [0.15, 0.2) is 66.7 Å². The van der Waals surface area contributed by atoms with Crippen LogP contribution < -0.4 is 4.90 Å². The first-order valence-electron chi connectivity index (χ1n) is 15.8. The molecule has 5 rings (SSSR count). The Morgan fingerprint density at radius 2 is 1.38 bits per heavy atom. The average Bonchev–Trinajstić information content (AvgIpc) is 3.47. The number of likely N-dealkylation sites (tertiary alicyclic amines) is 1. The zero-order valence-electron chi connectivity index (χ0n) is 27.1. The molecular formula is C34H35F9N6O. The second-order valence-corrected chi connectivity index (χ2v) is 12.6. The predicted molar refractivity (Wildman–Crippen MR) is 166 cm³/mol. The molecule has 1 aliphatic heterocycles. The fourth-order valence-electron chi connectivity index (χ4n) is 6.46. The van der Waals surface area contributed by atoms with Crippen molar-refractivity contribution in [1.29, 1.82) is 0 Å². The van der Waals surface area contributed by atoms with E-state index >= 15 is 0 Å². The Hall–Kier alpha value is -4.18. The van der Waals surface area contributed by atoms with Gasteiger partial charge in [-0.1, -0.05) is 48.4 Å². The zero-order valence-corrected chi connectivity index (χ0v) is 27.1. The SMILES string of the molecule is CCC(c1ccc(C(F)(F)F)cc1CN(Cc1cc(C(F)(F)F)cc(C(F)(F)F)c1)c1nnn(C)n1)N1CCC(O)(Cc2ccccc2)CC1. The number of benzene rings is 3. The van der Waals surface area contributed by atoms with E-state index in [1.165, 1.54) is 18.0 Å². The van der Waals surface area contributed by atoms with E-state index in [-0.39, 0.29) is 17.6 Å². The highest BCUT2D eigenvalue weighted by molar-refractivity contribution is 5.42. The second-order valence-electron chi connectivity index (χ2n) is 12.6. The number of anilines is 1. The predicted octanol–water partition coefficient (Wildman–Crippen LogP) is 7.99. The molecule has 0 aliphatic carbocycles. The van der Waals surface area contributed by atoms with Crippen molar-refractivity contribution in [3.05, 3.63) is 106 Å². The number of aryl methyl sites for hydroxylation is 1. The van der Waals surface area contributed by atoms with Crippen LogP contribution in [0.25, 0.3) is 0 Å². The normalized spacial score (nSPS) is 16.4. The lowest BCUT2D eigenvalue weighted by Gasteiger charge is -2.42. The van der Waals surface area contributed by atoms with Crippen molar-refractivity contribution in [2.75, 3.05) is 18.0 Å². The Morgan fingerprint density at radius 1 is 0.780 bits per heavy atom. The van der Waals surface area contributed by atoms with E-state index in [4.69, 9.17) is 0 Å². The van der Waals surface area contributed by atoms with Crippen LogP contribution in [-0.2, 0) is 45.1 Å². The lowest BCUT2D eigenvalue weighted by Crippen LogP contribution is -2.47. The number of nitrogens with zero attached hydrogens (tertiary/aromatic N) is 6. The number of piperidine rings is 1. The van der Waals surface area contributed by atoms with Gasteiger partial charge in [0.25, 0.3) is 5.95 Å². The molecule has 0 spiro atoms. The molecule has 1 fully saturated rings. The first-order chi connectivity index (χ1) is 23.3. The fourth-order valence-corrected chi connectivity index (χ4v) is 6.46. The Bertz CT molecular complexity index is 1710. The summed E-state index contributed by atoms with van der Waals surface area (Å²) in [5, 5.41) is 23.0. The van der Waals surface area contributed by atoms with Crippen molar-refractivity contribution in [3.63, 3.8) is 0 Å². The van der Waals surface area contributed by atoms with Crippen LogP contribution in [0.5, 0.6) is 0 Å². The van der Waals surface area contributed by atoms with Crippen molar-refractivity contribution >= 4 is 5.95 Å². The van der Waals surface area contributed by atoms with Crippen molar-refractivity contribution in [3.8, 4) is 0 Å². The maximum absolute atomic E-state index is 14.0. The van der Waals surface area contributed by atoms with Gasteiger partial charge in [0.2, 0.25) is 0 Å². The van der Waals surface area contributed by atoms with Gasteiger partial charge in [-0.15, -0.1) is 5.10 Å². The molecular weight excluding hydrogens is 679 g/mol. The van der Waals surface area contributed by atoms with Crippen LogP contribution in [0.2, 0.25) is 0 Å². The number of aromatic nitrogens is 4. The van der Waals surface area contributed by atoms with Crippen molar-refractivity contribution in [1.82, 2.24) is 25.1 Å². The highest BCUT2D eigenvalue weighted by atomic mass is 19.4. The molecule has 1 aromatic heterocycles. The number of hydrogen-bond acceptors (Lipinski definition) is 6. The number of hydrogen-bond donors (Lipinski definition) is 1. The Morgan fingerprint density at radius 3 is 1.90 bits per heavy atom. The first-order valence-corrected chi connectivity index (χ1v) is 15.8. The van der Waals surface area contributed by atoms with Crippen LogP contribution in [0.4, 0.5) is 45.5 Å². The maximum atomic E-state index is 14.0. The Balaban J connectivity index is 1.50. The first kappa shape index (κ1) is 37.1. The Kier molecular flexibility index (Phi) is 10.5. The van der Waals surface area contributed by atoms with Gasteiger partial charge in [-0.25, -0.2) is 0 Å². The summed E-state index contributed by atoms with van der Waals surface area (Å²) in [6.45, 7) is 1.72. The number of halogens is 9. The number of tetrazole rings is 1. The minimum absolute atomic E-state index is 0.00467. The third-order valence-electron chi connectivity index (χ3n) is 8.92. The van der Waals surface area contributed by atoms with E-state index in [1.807, 2.05) is 37.3 Å². The topological polar surface area (TPSA) is 70.3 Å². The van der Waals surface area contributed by atoms with Crippen molar-refractivity contribution in [2.45, 2.75) is 75.9 Å². The van der Waals surface area contributed by atoms with Gasteiger partial charge in [0.05, 0.1) is 29.3 Å². The van der Waals surface area contributed by atoms with Crippen LogP contribution in [0, 0.1) is 0 Å². The molecule has 3 aromatic carbocycles. The van der Waals surface area contributed by atoms with E-state index in [0.717, 1.165) is 22.5 Å². The highest BCUT2D eigenvalue weighted by Crippen LogP contribution is 2.39. The molecule has 2 heterocycles. The van der Waals surface area contributed by atoms with Crippen LogP contribution in [0.3, 0.4) is 0 Å². The molecule has 1 N–H and O–H groups in total. The molecule has 1 unspecified atom stereocenters. The quantitative estimate of drug-likeness (QED) is 0.168. The fraction of sp³-hybridized carbons (Fsp3) is 0.441.